The standard InChI is InChI=1S/C24H22BrClN2O4S/c1-16(17-6-8-19(25)9-7-17)27-24(29)15-32-23-11-10-20(14-21(23)26)33(30,31)28-13-12-18-4-2-3-5-22(18)28/h2-11,14,16H,12-13,15H2,1H3,(H,27,29)/t16-/m0/s1. The second-order valence-corrected chi connectivity index (χ2v) is 10.9. The van der Waals surface area contributed by atoms with Crippen molar-refractivity contribution in [1.29, 1.82) is 0 Å². The highest BCUT2D eigenvalue weighted by Gasteiger charge is 2.31. The van der Waals surface area contributed by atoms with Crippen molar-refractivity contribution in [2.45, 2.75) is 24.3 Å². The summed E-state index contributed by atoms with van der Waals surface area (Å²) < 4.78 is 34.2. The number of fused-ring (bicyclic) bond motifs is 1. The predicted molar refractivity (Wildman–Crippen MR) is 132 cm³/mol. The first-order valence-electron chi connectivity index (χ1n) is 10.3. The average Bonchev–Trinajstić information content (AvgIpc) is 3.23. The van der Waals surface area contributed by atoms with Gasteiger partial charge in [-0.05, 0) is 60.9 Å². The molecule has 4 rings (SSSR count). The largest absolute Gasteiger partial charge is 0.482 e. The smallest absolute Gasteiger partial charge is 0.264 e. The molecular weight excluding hydrogens is 528 g/mol. The Kier molecular flexibility index (Phi) is 6.97. The fourth-order valence-electron chi connectivity index (χ4n) is 3.71. The number of amides is 1. The second kappa shape index (κ2) is 9.75. The average molecular weight is 550 g/mol. The number of ether oxygens (including phenoxy) is 1. The summed E-state index contributed by atoms with van der Waals surface area (Å²) in [6, 6.07) is 19.2. The summed E-state index contributed by atoms with van der Waals surface area (Å²) in [6.45, 7) is 2.02. The zero-order chi connectivity index (χ0) is 23.6. The minimum Gasteiger partial charge on any atom is -0.482 e. The van der Waals surface area contributed by atoms with E-state index in [0.717, 1.165) is 15.6 Å². The molecule has 0 spiro atoms. The van der Waals surface area contributed by atoms with Crippen molar-refractivity contribution < 1.29 is 17.9 Å². The number of carbonyl (C=O) groups is 1. The molecule has 1 atom stereocenters. The number of carbonyl (C=O) groups excluding carboxylic acids is 1. The Morgan fingerprint density at radius 3 is 2.61 bits per heavy atom. The molecule has 0 unspecified atom stereocenters. The van der Waals surface area contributed by atoms with E-state index in [0.29, 0.717) is 18.7 Å². The minimum absolute atomic E-state index is 0.0739. The fraction of sp³-hybridized carbons (Fsp3) is 0.208. The maximum atomic E-state index is 13.2. The molecule has 0 fully saturated rings. The van der Waals surface area contributed by atoms with Crippen molar-refractivity contribution in [2.24, 2.45) is 0 Å². The van der Waals surface area contributed by atoms with Crippen LogP contribution >= 0.6 is 27.5 Å². The van der Waals surface area contributed by atoms with Crippen LogP contribution in [-0.2, 0) is 21.2 Å². The number of sulfonamides is 1. The highest BCUT2D eigenvalue weighted by Crippen LogP contribution is 2.35. The summed E-state index contributed by atoms with van der Waals surface area (Å²) in [5.74, 6) is -0.0734. The molecule has 0 saturated carbocycles. The Bertz CT molecular complexity index is 1280. The first kappa shape index (κ1) is 23.6. The van der Waals surface area contributed by atoms with Gasteiger partial charge in [-0.1, -0.05) is 57.9 Å². The van der Waals surface area contributed by atoms with Crippen molar-refractivity contribution in [2.75, 3.05) is 17.5 Å². The Labute approximate surface area is 206 Å². The lowest BCUT2D eigenvalue weighted by Crippen LogP contribution is -2.31. The van der Waals surface area contributed by atoms with Crippen LogP contribution in [0.1, 0.15) is 24.1 Å². The number of halogens is 2. The van der Waals surface area contributed by atoms with Gasteiger partial charge in [0.15, 0.2) is 6.61 Å². The van der Waals surface area contributed by atoms with Crippen LogP contribution in [0.3, 0.4) is 0 Å². The lowest BCUT2D eigenvalue weighted by Gasteiger charge is -2.20. The summed E-state index contributed by atoms with van der Waals surface area (Å²) in [6.07, 6.45) is 0.665. The van der Waals surface area contributed by atoms with Gasteiger partial charge in [0.25, 0.3) is 15.9 Å². The summed E-state index contributed by atoms with van der Waals surface area (Å²) >= 11 is 9.68. The molecular formula is C24H22BrClN2O4S. The molecule has 0 bridgehead atoms. The first-order valence-corrected chi connectivity index (χ1v) is 12.9. The zero-order valence-corrected chi connectivity index (χ0v) is 21.0. The molecule has 1 amide bonds. The SMILES string of the molecule is C[C@H](NC(=O)COc1ccc(S(=O)(=O)N2CCc3ccccc32)cc1Cl)c1ccc(Br)cc1. The fourth-order valence-corrected chi connectivity index (χ4v) is 5.80. The molecule has 1 aliphatic heterocycles. The van der Waals surface area contributed by atoms with Gasteiger partial charge >= 0.3 is 0 Å². The third-order valence-electron chi connectivity index (χ3n) is 5.44. The van der Waals surface area contributed by atoms with Gasteiger partial charge in [0, 0.05) is 11.0 Å². The van der Waals surface area contributed by atoms with Crippen LogP contribution < -0.4 is 14.4 Å². The maximum Gasteiger partial charge on any atom is 0.264 e. The Hall–Kier alpha value is -2.55. The van der Waals surface area contributed by atoms with Crippen molar-refractivity contribution >= 4 is 49.1 Å². The molecule has 33 heavy (non-hydrogen) atoms. The lowest BCUT2D eigenvalue weighted by molar-refractivity contribution is -0.123. The third kappa shape index (κ3) is 5.18. The van der Waals surface area contributed by atoms with Crippen molar-refractivity contribution in [3.8, 4) is 5.75 Å². The van der Waals surface area contributed by atoms with Crippen LogP contribution in [0, 0.1) is 0 Å². The molecule has 6 nitrogen and oxygen atoms in total. The van der Waals surface area contributed by atoms with E-state index >= 15 is 0 Å². The van der Waals surface area contributed by atoms with Gasteiger partial charge < -0.3 is 10.1 Å². The number of rotatable bonds is 7. The van der Waals surface area contributed by atoms with E-state index in [9.17, 15) is 13.2 Å². The van der Waals surface area contributed by atoms with E-state index in [1.54, 1.807) is 6.07 Å². The first-order chi connectivity index (χ1) is 15.8. The minimum atomic E-state index is -3.76. The number of hydrogen-bond donors (Lipinski definition) is 1. The highest BCUT2D eigenvalue weighted by atomic mass is 79.9. The molecule has 0 aliphatic carbocycles. The summed E-state index contributed by atoms with van der Waals surface area (Å²) in [7, 11) is -3.76. The topological polar surface area (TPSA) is 75.7 Å². The van der Waals surface area contributed by atoms with Gasteiger partial charge in [-0.25, -0.2) is 8.42 Å². The number of benzene rings is 3. The van der Waals surface area contributed by atoms with Gasteiger partial charge in [-0.3, -0.25) is 9.10 Å². The Morgan fingerprint density at radius 1 is 1.15 bits per heavy atom. The number of para-hydroxylation sites is 1. The highest BCUT2D eigenvalue weighted by molar-refractivity contribution is 9.10. The van der Waals surface area contributed by atoms with Crippen LogP contribution in [0.15, 0.2) is 76.1 Å². The lowest BCUT2D eigenvalue weighted by atomic mass is 10.1. The van der Waals surface area contributed by atoms with Gasteiger partial charge in [-0.15, -0.1) is 0 Å². The third-order valence-corrected chi connectivity index (χ3v) is 8.08. The van der Waals surface area contributed by atoms with E-state index < -0.39 is 10.0 Å². The second-order valence-electron chi connectivity index (χ2n) is 7.68. The molecule has 1 N–H and O–H groups in total. The van der Waals surface area contributed by atoms with Crippen molar-refractivity contribution in [3.63, 3.8) is 0 Å². The number of nitrogens with zero attached hydrogens (tertiary/aromatic N) is 1. The zero-order valence-electron chi connectivity index (χ0n) is 17.8. The van der Waals surface area contributed by atoms with Gasteiger partial charge in [-0.2, -0.15) is 0 Å². The number of anilines is 1. The quantitative estimate of drug-likeness (QED) is 0.444. The van der Waals surface area contributed by atoms with Gasteiger partial charge in [0.1, 0.15) is 5.75 Å². The summed E-state index contributed by atoms with van der Waals surface area (Å²) in [4.78, 5) is 12.4. The molecule has 3 aromatic rings. The normalized spacial score (nSPS) is 14.0. The van der Waals surface area contributed by atoms with E-state index in [1.165, 1.54) is 22.5 Å². The Morgan fingerprint density at radius 2 is 1.88 bits per heavy atom. The molecule has 0 saturated heterocycles. The van der Waals surface area contributed by atoms with Crippen LogP contribution in [0.2, 0.25) is 5.02 Å². The van der Waals surface area contributed by atoms with E-state index in [4.69, 9.17) is 16.3 Å². The summed E-state index contributed by atoms with van der Waals surface area (Å²) in [5.41, 5.74) is 2.64. The van der Waals surface area contributed by atoms with Gasteiger partial charge in [0.2, 0.25) is 0 Å². The predicted octanol–water partition coefficient (Wildman–Crippen LogP) is 5.11. The Balaban J connectivity index is 1.41. The molecule has 0 radical (unpaired) electrons. The maximum absolute atomic E-state index is 13.2. The molecule has 1 heterocycles. The molecule has 9 heteroatoms. The van der Waals surface area contributed by atoms with Crippen molar-refractivity contribution in [3.05, 3.63) is 87.4 Å². The molecule has 172 valence electrons. The van der Waals surface area contributed by atoms with E-state index in [1.807, 2.05) is 49.4 Å². The van der Waals surface area contributed by atoms with E-state index in [2.05, 4.69) is 21.2 Å². The van der Waals surface area contributed by atoms with Crippen LogP contribution in [0.25, 0.3) is 0 Å². The molecule has 1 aliphatic rings. The number of hydrogen-bond acceptors (Lipinski definition) is 4. The summed E-state index contributed by atoms with van der Waals surface area (Å²) in [5, 5.41) is 2.99. The van der Waals surface area contributed by atoms with Gasteiger partial charge in [0.05, 0.1) is 21.6 Å². The monoisotopic (exact) mass is 548 g/mol. The molecule has 0 aromatic heterocycles. The van der Waals surface area contributed by atoms with Crippen LogP contribution in [0.4, 0.5) is 5.69 Å². The van der Waals surface area contributed by atoms with E-state index in [-0.39, 0.29) is 34.2 Å². The van der Waals surface area contributed by atoms with Crippen LogP contribution in [-0.4, -0.2) is 27.5 Å². The van der Waals surface area contributed by atoms with Crippen molar-refractivity contribution in [1.82, 2.24) is 5.32 Å². The van der Waals surface area contributed by atoms with Crippen LogP contribution in [0.5, 0.6) is 5.75 Å². The molecule has 3 aromatic carbocycles. The number of nitrogens with one attached hydrogen (secondary N) is 1.